The van der Waals surface area contributed by atoms with E-state index in [0.717, 1.165) is 5.56 Å². The summed E-state index contributed by atoms with van der Waals surface area (Å²) in [5, 5.41) is 3.22. The van der Waals surface area contributed by atoms with Crippen LogP contribution in [0.3, 0.4) is 0 Å². The zero-order valence-electron chi connectivity index (χ0n) is 14.0. The van der Waals surface area contributed by atoms with Gasteiger partial charge in [-0.05, 0) is 30.5 Å². The molecule has 0 aliphatic heterocycles. The highest BCUT2D eigenvalue weighted by Gasteiger charge is 2.21. The topological polar surface area (TPSA) is 55.4 Å². The van der Waals surface area contributed by atoms with Crippen LogP contribution in [0.1, 0.15) is 31.7 Å². The van der Waals surface area contributed by atoms with Gasteiger partial charge in [-0.25, -0.2) is 0 Å². The number of benzene rings is 2. The fourth-order valence-electron chi connectivity index (χ4n) is 2.29. The minimum Gasteiger partial charge on any atom is -0.453 e. The number of halogens is 2. The van der Waals surface area contributed by atoms with Gasteiger partial charge in [0.2, 0.25) is 0 Å². The van der Waals surface area contributed by atoms with Crippen LogP contribution in [-0.2, 0) is 14.3 Å². The lowest BCUT2D eigenvalue weighted by atomic mass is 9.98. The Morgan fingerprint density at radius 2 is 1.60 bits per heavy atom. The van der Waals surface area contributed by atoms with Crippen molar-refractivity contribution in [1.29, 1.82) is 0 Å². The zero-order valence-corrected chi connectivity index (χ0v) is 15.5. The van der Waals surface area contributed by atoms with Gasteiger partial charge < -0.3 is 10.1 Å². The predicted octanol–water partition coefficient (Wildman–Crippen LogP) is 5.06. The lowest BCUT2D eigenvalue weighted by molar-refractivity contribution is -0.153. The van der Waals surface area contributed by atoms with E-state index in [0.29, 0.717) is 15.7 Å². The van der Waals surface area contributed by atoms with Crippen molar-refractivity contribution in [2.45, 2.75) is 32.3 Å². The normalized spacial score (nSPS) is 13.0. The Morgan fingerprint density at radius 3 is 2.20 bits per heavy atom. The van der Waals surface area contributed by atoms with Gasteiger partial charge in [0.1, 0.15) is 0 Å². The number of carbonyl (C=O) groups excluding carboxylic acids is 2. The Balaban J connectivity index is 1.91. The first-order valence-electron chi connectivity index (χ1n) is 7.87. The van der Waals surface area contributed by atoms with Crippen molar-refractivity contribution >= 4 is 40.8 Å². The number of para-hydroxylation sites is 1. The lowest BCUT2D eigenvalue weighted by Crippen LogP contribution is -2.30. The highest BCUT2D eigenvalue weighted by atomic mass is 35.5. The Labute approximate surface area is 157 Å². The van der Waals surface area contributed by atoms with Gasteiger partial charge in [0.15, 0.2) is 6.10 Å². The Bertz CT molecular complexity index is 729. The van der Waals surface area contributed by atoms with Gasteiger partial charge in [-0.2, -0.15) is 0 Å². The molecule has 0 aliphatic carbocycles. The third kappa shape index (κ3) is 5.48. The van der Waals surface area contributed by atoms with Gasteiger partial charge in [0, 0.05) is 0 Å². The van der Waals surface area contributed by atoms with Crippen LogP contribution < -0.4 is 5.32 Å². The largest absolute Gasteiger partial charge is 0.453 e. The number of rotatable bonds is 6. The van der Waals surface area contributed by atoms with E-state index in [2.05, 4.69) is 5.32 Å². The van der Waals surface area contributed by atoms with Crippen molar-refractivity contribution in [3.05, 3.63) is 64.1 Å². The molecule has 1 N–H and O–H groups in total. The molecular weight excluding hydrogens is 361 g/mol. The Morgan fingerprint density at radius 1 is 1.00 bits per heavy atom. The first kappa shape index (κ1) is 19.3. The summed E-state index contributed by atoms with van der Waals surface area (Å²) in [5.74, 6) is -0.929. The van der Waals surface area contributed by atoms with Crippen molar-refractivity contribution in [3.8, 4) is 0 Å². The van der Waals surface area contributed by atoms with Crippen molar-refractivity contribution < 1.29 is 14.3 Å². The van der Waals surface area contributed by atoms with E-state index in [1.165, 1.54) is 6.92 Å². The van der Waals surface area contributed by atoms with Crippen LogP contribution in [0.2, 0.25) is 10.0 Å². The van der Waals surface area contributed by atoms with Crippen molar-refractivity contribution in [3.63, 3.8) is 0 Å². The minimum absolute atomic E-state index is 0.00183. The molecular formula is C19H19Cl2NO3. The minimum atomic E-state index is -0.956. The molecule has 0 spiro atoms. The van der Waals surface area contributed by atoms with Gasteiger partial charge in [-0.15, -0.1) is 0 Å². The maximum atomic E-state index is 12.2. The van der Waals surface area contributed by atoms with E-state index < -0.39 is 18.0 Å². The smallest absolute Gasteiger partial charge is 0.307 e. The second-order valence-electron chi connectivity index (χ2n) is 5.73. The lowest BCUT2D eigenvalue weighted by Gasteiger charge is -2.16. The maximum absolute atomic E-state index is 12.2. The molecule has 0 aromatic heterocycles. The molecule has 0 saturated heterocycles. The summed E-state index contributed by atoms with van der Waals surface area (Å²) in [6.45, 7) is 3.44. The molecule has 0 unspecified atom stereocenters. The maximum Gasteiger partial charge on any atom is 0.307 e. The van der Waals surface area contributed by atoms with E-state index >= 15 is 0 Å². The molecule has 0 aliphatic rings. The van der Waals surface area contributed by atoms with Crippen LogP contribution in [-0.4, -0.2) is 18.0 Å². The molecule has 2 rings (SSSR count). The molecule has 4 nitrogen and oxygen atoms in total. The molecule has 0 radical (unpaired) electrons. The molecule has 2 atom stereocenters. The molecule has 0 heterocycles. The molecule has 0 saturated carbocycles. The number of hydrogen-bond donors (Lipinski definition) is 1. The van der Waals surface area contributed by atoms with Gasteiger partial charge in [-0.1, -0.05) is 66.5 Å². The summed E-state index contributed by atoms with van der Waals surface area (Å²) >= 11 is 12.0. The number of hydrogen-bond acceptors (Lipinski definition) is 3. The zero-order chi connectivity index (χ0) is 18.4. The summed E-state index contributed by atoms with van der Waals surface area (Å²) in [6, 6.07) is 14.6. The van der Waals surface area contributed by atoms with E-state index in [-0.39, 0.29) is 12.3 Å². The summed E-state index contributed by atoms with van der Waals surface area (Å²) in [4.78, 5) is 24.3. The van der Waals surface area contributed by atoms with Crippen LogP contribution >= 0.6 is 23.2 Å². The SMILES string of the molecule is C[C@H](OC(=O)C[C@H](C)c1ccccc1)C(=O)Nc1c(Cl)cccc1Cl. The first-order chi connectivity index (χ1) is 11.9. The van der Waals surface area contributed by atoms with Gasteiger partial charge in [0.25, 0.3) is 5.91 Å². The molecule has 0 bridgehead atoms. The number of amides is 1. The highest BCUT2D eigenvalue weighted by Crippen LogP contribution is 2.30. The number of esters is 1. The Hall–Kier alpha value is -2.04. The predicted molar refractivity (Wildman–Crippen MR) is 100 cm³/mol. The van der Waals surface area contributed by atoms with Gasteiger partial charge >= 0.3 is 5.97 Å². The van der Waals surface area contributed by atoms with E-state index in [9.17, 15) is 9.59 Å². The van der Waals surface area contributed by atoms with Crippen LogP contribution in [0.25, 0.3) is 0 Å². The van der Waals surface area contributed by atoms with E-state index in [4.69, 9.17) is 27.9 Å². The van der Waals surface area contributed by atoms with Crippen molar-refractivity contribution in [1.82, 2.24) is 0 Å². The van der Waals surface area contributed by atoms with Crippen molar-refractivity contribution in [2.75, 3.05) is 5.32 Å². The fourth-order valence-corrected chi connectivity index (χ4v) is 2.78. The standard InChI is InChI=1S/C19H19Cl2NO3/c1-12(14-7-4-3-5-8-14)11-17(23)25-13(2)19(24)22-18-15(20)9-6-10-16(18)21/h3-10,12-13H,11H2,1-2H3,(H,22,24)/t12-,13-/m0/s1. The summed E-state index contributed by atoms with van der Waals surface area (Å²) < 4.78 is 5.22. The molecule has 6 heteroatoms. The first-order valence-corrected chi connectivity index (χ1v) is 8.63. The van der Waals surface area contributed by atoms with Gasteiger partial charge in [-0.3, -0.25) is 9.59 Å². The highest BCUT2D eigenvalue weighted by molar-refractivity contribution is 6.39. The average Bonchev–Trinajstić information content (AvgIpc) is 2.58. The second-order valence-corrected chi connectivity index (χ2v) is 6.55. The van der Waals surface area contributed by atoms with Crippen LogP contribution in [0.4, 0.5) is 5.69 Å². The van der Waals surface area contributed by atoms with E-state index in [1.807, 2.05) is 37.3 Å². The molecule has 0 fully saturated rings. The average molecular weight is 380 g/mol. The molecule has 2 aromatic rings. The van der Waals surface area contributed by atoms with Crippen LogP contribution in [0.5, 0.6) is 0 Å². The van der Waals surface area contributed by atoms with Gasteiger partial charge in [0.05, 0.1) is 22.2 Å². The summed E-state index contributed by atoms with van der Waals surface area (Å²) in [7, 11) is 0. The molecule has 132 valence electrons. The van der Waals surface area contributed by atoms with Crippen LogP contribution in [0.15, 0.2) is 48.5 Å². The summed E-state index contributed by atoms with van der Waals surface area (Å²) in [5.41, 5.74) is 1.34. The third-order valence-electron chi connectivity index (χ3n) is 3.73. The van der Waals surface area contributed by atoms with Crippen LogP contribution in [0, 0.1) is 0 Å². The fraction of sp³-hybridized carbons (Fsp3) is 0.263. The number of ether oxygens (including phenoxy) is 1. The Kier molecular flexibility index (Phi) is 6.85. The van der Waals surface area contributed by atoms with Crippen molar-refractivity contribution in [2.24, 2.45) is 0 Å². The monoisotopic (exact) mass is 379 g/mol. The number of carbonyl (C=O) groups is 2. The molecule has 25 heavy (non-hydrogen) atoms. The second kappa shape index (κ2) is 8.88. The molecule has 2 aromatic carbocycles. The summed E-state index contributed by atoms with van der Waals surface area (Å²) in [6.07, 6.45) is -0.767. The van der Waals surface area contributed by atoms with E-state index in [1.54, 1.807) is 18.2 Å². The third-order valence-corrected chi connectivity index (χ3v) is 4.36. The molecule has 1 amide bonds. The number of anilines is 1. The quantitative estimate of drug-likeness (QED) is 0.713. The number of nitrogens with one attached hydrogen (secondary N) is 1.